The summed E-state index contributed by atoms with van der Waals surface area (Å²) in [7, 11) is 0. The molecular formula is C11H15ClN4O. The normalized spacial score (nSPS) is 14.7. The van der Waals surface area contributed by atoms with Crippen LogP contribution in [0.25, 0.3) is 11.2 Å². The van der Waals surface area contributed by atoms with Crippen LogP contribution in [-0.4, -0.2) is 32.7 Å². The molecule has 0 aromatic carbocycles. The summed E-state index contributed by atoms with van der Waals surface area (Å²) < 4.78 is 6.86. The Morgan fingerprint density at radius 2 is 2.06 bits per heavy atom. The summed E-state index contributed by atoms with van der Waals surface area (Å²) in [5, 5.41) is 0.458. The van der Waals surface area contributed by atoms with Crippen LogP contribution in [0, 0.1) is 0 Å². The van der Waals surface area contributed by atoms with Crippen molar-refractivity contribution < 1.29 is 4.74 Å². The van der Waals surface area contributed by atoms with Crippen molar-refractivity contribution in [2.75, 3.05) is 13.2 Å². The second-order valence-electron chi connectivity index (χ2n) is 3.69. The largest absolute Gasteiger partial charge is 0.381 e. The lowest BCUT2D eigenvalue weighted by molar-refractivity contribution is 0.198. The lowest BCUT2D eigenvalue weighted by atomic mass is 10.4. The van der Waals surface area contributed by atoms with Gasteiger partial charge in [-0.1, -0.05) is 11.6 Å². The van der Waals surface area contributed by atoms with Gasteiger partial charge < -0.3 is 9.30 Å². The van der Waals surface area contributed by atoms with Gasteiger partial charge in [-0.2, -0.15) is 0 Å². The van der Waals surface area contributed by atoms with Crippen molar-refractivity contribution in [3.63, 3.8) is 0 Å². The third-order valence-electron chi connectivity index (χ3n) is 2.53. The van der Waals surface area contributed by atoms with Gasteiger partial charge in [0.1, 0.15) is 11.8 Å². The van der Waals surface area contributed by atoms with Crippen LogP contribution in [0.3, 0.4) is 0 Å². The predicted octanol–water partition coefficient (Wildman–Crippen LogP) is 2.30. The molecule has 0 N–H and O–H groups in total. The van der Waals surface area contributed by atoms with Gasteiger partial charge in [0.2, 0.25) is 0 Å². The van der Waals surface area contributed by atoms with Gasteiger partial charge in [-0.15, -0.1) is 0 Å². The van der Waals surface area contributed by atoms with Gasteiger partial charge in [-0.3, -0.25) is 0 Å². The highest BCUT2D eigenvalue weighted by Gasteiger charge is 2.06. The minimum Gasteiger partial charge on any atom is -0.381 e. The van der Waals surface area contributed by atoms with Crippen LogP contribution in [0.1, 0.15) is 19.8 Å². The molecule has 17 heavy (non-hydrogen) atoms. The Morgan fingerprint density at radius 1 is 1.29 bits per heavy atom. The van der Waals surface area contributed by atoms with Crippen LogP contribution in [0.5, 0.6) is 0 Å². The molecule has 0 aliphatic carbocycles. The minimum absolute atomic E-state index is 0.458. The van der Waals surface area contributed by atoms with E-state index >= 15 is 0 Å². The van der Waals surface area contributed by atoms with Crippen LogP contribution < -0.4 is 0 Å². The minimum atomic E-state index is 0.458. The summed E-state index contributed by atoms with van der Waals surface area (Å²) in [5.41, 5.74) is 1.46. The Labute approximate surface area is 105 Å². The maximum Gasteiger partial charge on any atom is 0.182 e. The summed E-state index contributed by atoms with van der Waals surface area (Å²) in [5.74, 6) is 0. The molecule has 0 atom stereocenters. The second-order valence-corrected chi connectivity index (χ2v) is 4.04. The lowest BCUT2D eigenvalue weighted by Gasteiger charge is -1.97. The van der Waals surface area contributed by atoms with Crippen molar-refractivity contribution in [1.29, 1.82) is 0 Å². The Hall–Kier alpha value is -1.20. The van der Waals surface area contributed by atoms with Gasteiger partial charge in [0.25, 0.3) is 0 Å². The average Bonchev–Trinajstić information content (AvgIpc) is 3.02. The van der Waals surface area contributed by atoms with Crippen molar-refractivity contribution in [3.8, 4) is 0 Å². The molecule has 3 heterocycles. The maximum atomic E-state index is 5.87. The zero-order chi connectivity index (χ0) is 12.1. The number of halogens is 1. The number of hydrogen-bond donors (Lipinski definition) is 0. The molecule has 5 nitrogen and oxygen atoms in total. The summed E-state index contributed by atoms with van der Waals surface area (Å²) >= 11 is 5.87. The molecule has 0 unspecified atom stereocenters. The molecule has 0 saturated carbocycles. The fourth-order valence-corrected chi connectivity index (χ4v) is 1.86. The molecule has 0 bridgehead atoms. The number of aryl methyl sites for hydroxylation is 1. The van der Waals surface area contributed by atoms with E-state index in [0.29, 0.717) is 10.8 Å². The molecule has 1 saturated heterocycles. The number of aromatic nitrogens is 4. The molecular weight excluding hydrogens is 240 g/mol. The van der Waals surface area contributed by atoms with Crippen molar-refractivity contribution in [2.45, 2.75) is 26.3 Å². The van der Waals surface area contributed by atoms with Gasteiger partial charge in [-0.05, 0) is 19.8 Å². The maximum absolute atomic E-state index is 5.87. The van der Waals surface area contributed by atoms with Crippen molar-refractivity contribution in [1.82, 2.24) is 19.5 Å². The molecule has 1 fully saturated rings. The molecule has 1 aliphatic rings. The SMILES string of the molecule is C1CCOC1.CCn1cnc2ncnc(Cl)c21. The number of fused-ring (bicyclic) bond motifs is 1. The predicted molar refractivity (Wildman–Crippen MR) is 66.1 cm³/mol. The van der Waals surface area contributed by atoms with E-state index in [0.717, 1.165) is 25.3 Å². The second kappa shape index (κ2) is 5.93. The quantitative estimate of drug-likeness (QED) is 0.733. The highest BCUT2D eigenvalue weighted by atomic mass is 35.5. The first-order chi connectivity index (χ1) is 8.33. The molecule has 3 rings (SSSR count). The van der Waals surface area contributed by atoms with E-state index in [-0.39, 0.29) is 0 Å². The highest BCUT2D eigenvalue weighted by Crippen LogP contribution is 2.17. The molecule has 2 aromatic heterocycles. The van der Waals surface area contributed by atoms with Gasteiger partial charge in [0.15, 0.2) is 10.8 Å². The Bertz CT molecular complexity index is 474. The summed E-state index contributed by atoms with van der Waals surface area (Å²) in [6.45, 7) is 4.84. The fourth-order valence-electron chi connectivity index (χ4n) is 1.62. The van der Waals surface area contributed by atoms with E-state index in [1.807, 2.05) is 11.5 Å². The molecule has 92 valence electrons. The fraction of sp³-hybridized carbons (Fsp3) is 0.545. The third kappa shape index (κ3) is 2.92. The van der Waals surface area contributed by atoms with Gasteiger partial charge in [0, 0.05) is 19.8 Å². The first-order valence-corrected chi connectivity index (χ1v) is 6.09. The first-order valence-electron chi connectivity index (χ1n) is 5.72. The number of ether oxygens (including phenoxy) is 1. The van der Waals surface area contributed by atoms with Gasteiger partial charge in [-0.25, -0.2) is 15.0 Å². The molecule has 1 aliphatic heterocycles. The monoisotopic (exact) mass is 254 g/mol. The van der Waals surface area contributed by atoms with Crippen LogP contribution in [0.4, 0.5) is 0 Å². The molecule has 6 heteroatoms. The number of hydrogen-bond acceptors (Lipinski definition) is 4. The molecule has 2 aromatic rings. The van der Waals surface area contributed by atoms with Crippen LogP contribution in [0.15, 0.2) is 12.7 Å². The standard InChI is InChI=1S/C7H7ClN4.C4H8O/c1-2-12-4-11-7-5(12)6(8)9-3-10-7;1-2-4-5-3-1/h3-4H,2H2,1H3;1-4H2. The van der Waals surface area contributed by atoms with Crippen molar-refractivity contribution >= 4 is 22.8 Å². The van der Waals surface area contributed by atoms with E-state index in [9.17, 15) is 0 Å². The molecule has 0 spiro atoms. The first kappa shape index (κ1) is 12.3. The van der Waals surface area contributed by atoms with Crippen molar-refractivity contribution in [3.05, 3.63) is 17.8 Å². The van der Waals surface area contributed by atoms with E-state index in [1.165, 1.54) is 19.2 Å². The summed E-state index contributed by atoms with van der Waals surface area (Å²) in [4.78, 5) is 11.9. The Balaban J connectivity index is 0.000000181. The van der Waals surface area contributed by atoms with Crippen LogP contribution in [-0.2, 0) is 11.3 Å². The Morgan fingerprint density at radius 3 is 2.65 bits per heavy atom. The average molecular weight is 255 g/mol. The number of rotatable bonds is 1. The third-order valence-corrected chi connectivity index (χ3v) is 2.81. The van der Waals surface area contributed by atoms with E-state index in [1.54, 1.807) is 6.33 Å². The molecule has 0 amide bonds. The Kier molecular flexibility index (Phi) is 4.28. The lowest BCUT2D eigenvalue weighted by Crippen LogP contribution is -1.93. The zero-order valence-electron chi connectivity index (χ0n) is 9.77. The molecule has 0 radical (unpaired) electrons. The summed E-state index contributed by atoms with van der Waals surface area (Å²) in [6.07, 6.45) is 5.68. The number of imidazole rings is 1. The van der Waals surface area contributed by atoms with E-state index in [4.69, 9.17) is 16.3 Å². The smallest absolute Gasteiger partial charge is 0.182 e. The van der Waals surface area contributed by atoms with E-state index < -0.39 is 0 Å². The van der Waals surface area contributed by atoms with Crippen LogP contribution >= 0.6 is 11.6 Å². The van der Waals surface area contributed by atoms with Gasteiger partial charge in [0.05, 0.1) is 6.33 Å². The van der Waals surface area contributed by atoms with Crippen LogP contribution in [0.2, 0.25) is 5.15 Å². The topological polar surface area (TPSA) is 52.8 Å². The van der Waals surface area contributed by atoms with Crippen molar-refractivity contribution in [2.24, 2.45) is 0 Å². The number of nitrogens with zero attached hydrogens (tertiary/aromatic N) is 4. The van der Waals surface area contributed by atoms with E-state index in [2.05, 4.69) is 15.0 Å². The zero-order valence-corrected chi connectivity index (χ0v) is 10.5. The van der Waals surface area contributed by atoms with Gasteiger partial charge >= 0.3 is 0 Å². The summed E-state index contributed by atoms with van der Waals surface area (Å²) in [6, 6.07) is 0. The highest BCUT2D eigenvalue weighted by molar-refractivity contribution is 6.33.